The maximum atomic E-state index is 14.1. The first-order valence-corrected chi connectivity index (χ1v) is 18.2. The highest BCUT2D eigenvalue weighted by atomic mass is 32.2. The number of nitrogens with one attached hydrogen (secondary N) is 2. The lowest BCUT2D eigenvalue weighted by atomic mass is 9.93. The zero-order valence-electron chi connectivity index (χ0n) is 26.6. The van der Waals surface area contributed by atoms with Gasteiger partial charge < -0.3 is 24.6 Å². The zero-order chi connectivity index (χ0) is 32.8. The first kappa shape index (κ1) is 31.8. The molecule has 5 atom stereocenters. The maximum Gasteiger partial charge on any atom is 0.259 e. The third-order valence-electron chi connectivity index (χ3n) is 10.1. The van der Waals surface area contributed by atoms with Crippen molar-refractivity contribution in [1.82, 2.24) is 24.9 Å². The Hall–Kier alpha value is -3.78. The number of allylic oxidation sites excluding steroid dienone is 1. The summed E-state index contributed by atoms with van der Waals surface area (Å²) in [4.78, 5) is 54.8. The Bertz CT molecular complexity index is 1690. The van der Waals surface area contributed by atoms with Gasteiger partial charge in [-0.1, -0.05) is 24.3 Å². The maximum absolute atomic E-state index is 14.1. The lowest BCUT2D eigenvalue weighted by Crippen LogP contribution is -2.54. The van der Waals surface area contributed by atoms with Gasteiger partial charge in [-0.2, -0.15) is 4.98 Å². The second-order valence-corrected chi connectivity index (χ2v) is 15.5. The highest BCUT2D eigenvalue weighted by Gasteiger charge is 2.62. The molecule has 0 radical (unpaired) electrons. The van der Waals surface area contributed by atoms with Gasteiger partial charge in [-0.3, -0.25) is 19.1 Å². The van der Waals surface area contributed by atoms with E-state index < -0.39 is 50.6 Å². The average molecular weight is 667 g/mol. The zero-order valence-corrected chi connectivity index (χ0v) is 27.4. The van der Waals surface area contributed by atoms with Gasteiger partial charge in [-0.15, -0.1) is 0 Å². The Morgan fingerprint density at radius 2 is 1.83 bits per heavy atom. The van der Waals surface area contributed by atoms with E-state index in [1.165, 1.54) is 0 Å². The van der Waals surface area contributed by atoms with E-state index in [1.54, 1.807) is 11.9 Å². The molecule has 13 nitrogen and oxygen atoms in total. The van der Waals surface area contributed by atoms with Gasteiger partial charge in [0.2, 0.25) is 33.7 Å². The topological polar surface area (TPSA) is 160 Å². The predicted octanol–water partition coefficient (Wildman–Crippen LogP) is 1.92. The number of para-hydroxylation sites is 1. The Morgan fingerprint density at radius 1 is 1.06 bits per heavy atom. The molecule has 0 bridgehead atoms. The van der Waals surface area contributed by atoms with Crippen molar-refractivity contribution in [2.75, 3.05) is 44.8 Å². The first-order valence-electron chi connectivity index (χ1n) is 16.7. The summed E-state index contributed by atoms with van der Waals surface area (Å²) in [5.41, 5.74) is -0.653. The van der Waals surface area contributed by atoms with Crippen LogP contribution in [0.1, 0.15) is 51.4 Å². The van der Waals surface area contributed by atoms with Crippen LogP contribution in [0.5, 0.6) is 5.88 Å². The average Bonchev–Trinajstić information content (AvgIpc) is 3.99. The summed E-state index contributed by atoms with van der Waals surface area (Å²) in [6.07, 6.45) is 7.65. The van der Waals surface area contributed by atoms with Gasteiger partial charge >= 0.3 is 0 Å². The molecule has 3 aliphatic carbocycles. The molecule has 2 N–H and O–H groups in total. The summed E-state index contributed by atoms with van der Waals surface area (Å²) >= 11 is 0. The normalized spacial score (nSPS) is 30.9. The number of fused-ring (bicyclic) bond motifs is 3. The van der Waals surface area contributed by atoms with Gasteiger partial charge in [0, 0.05) is 32.6 Å². The number of rotatable bonds is 6. The van der Waals surface area contributed by atoms with Crippen molar-refractivity contribution < 1.29 is 32.3 Å². The molecular formula is C33H42N6O7S. The van der Waals surface area contributed by atoms with E-state index in [0.717, 1.165) is 30.2 Å². The van der Waals surface area contributed by atoms with Crippen molar-refractivity contribution in [2.45, 2.75) is 68.3 Å². The van der Waals surface area contributed by atoms with Gasteiger partial charge in [0.15, 0.2) is 0 Å². The molecule has 14 heteroatoms. The van der Waals surface area contributed by atoms with Crippen LogP contribution in [0.25, 0.3) is 10.9 Å². The van der Waals surface area contributed by atoms with E-state index in [4.69, 9.17) is 19.4 Å². The molecular weight excluding hydrogens is 624 g/mol. The SMILES string of the molecule is CN1CCCC/C=C\[C@@H]2C[C@@]2(C(=O)NS(=O)(=O)C2CC2)NC(=O)[C@@H]2C[C@@H](Oc3nc(N4CCOCC4)nc4ccccc34)C[C@H]2C1=O. The molecule has 0 unspecified atom stereocenters. The minimum Gasteiger partial charge on any atom is -0.474 e. The molecule has 2 aliphatic heterocycles. The number of benzene rings is 1. The number of ether oxygens (including phenoxy) is 2. The number of carbonyl (C=O) groups excluding carboxylic acids is 3. The van der Waals surface area contributed by atoms with Crippen molar-refractivity contribution in [3.8, 4) is 5.88 Å². The minimum atomic E-state index is -3.81. The molecule has 1 aromatic heterocycles. The second-order valence-electron chi connectivity index (χ2n) is 13.5. The lowest BCUT2D eigenvalue weighted by Gasteiger charge is -2.27. The fourth-order valence-electron chi connectivity index (χ4n) is 7.08. The highest BCUT2D eigenvalue weighted by molar-refractivity contribution is 7.91. The smallest absolute Gasteiger partial charge is 0.259 e. The molecule has 3 heterocycles. The van der Waals surface area contributed by atoms with E-state index in [2.05, 4.69) is 14.9 Å². The lowest BCUT2D eigenvalue weighted by molar-refractivity contribution is -0.140. The van der Waals surface area contributed by atoms with Crippen LogP contribution in [-0.4, -0.2) is 97.8 Å². The van der Waals surface area contributed by atoms with Crippen LogP contribution in [0.4, 0.5) is 5.95 Å². The number of nitrogens with zero attached hydrogens (tertiary/aromatic N) is 4. The van der Waals surface area contributed by atoms with Gasteiger partial charge in [-0.05, 0) is 63.5 Å². The van der Waals surface area contributed by atoms with Crippen LogP contribution in [0, 0.1) is 17.8 Å². The Morgan fingerprint density at radius 3 is 2.62 bits per heavy atom. The molecule has 1 saturated heterocycles. The minimum absolute atomic E-state index is 0.146. The fourth-order valence-corrected chi connectivity index (χ4v) is 8.44. The number of morpholine rings is 1. The van der Waals surface area contributed by atoms with E-state index in [-0.39, 0.29) is 18.2 Å². The van der Waals surface area contributed by atoms with Crippen molar-refractivity contribution in [2.24, 2.45) is 17.8 Å². The number of hydrogen-bond acceptors (Lipinski definition) is 10. The quantitative estimate of drug-likeness (QED) is 0.436. The summed E-state index contributed by atoms with van der Waals surface area (Å²) < 4.78 is 39.7. The van der Waals surface area contributed by atoms with Crippen LogP contribution < -0.4 is 19.7 Å². The molecule has 5 aliphatic rings. The fraction of sp³-hybridized carbons (Fsp3) is 0.606. The molecule has 7 rings (SSSR count). The summed E-state index contributed by atoms with van der Waals surface area (Å²) in [6, 6.07) is 7.59. The van der Waals surface area contributed by atoms with Crippen molar-refractivity contribution >= 4 is 44.6 Å². The molecule has 47 heavy (non-hydrogen) atoms. The van der Waals surface area contributed by atoms with Crippen LogP contribution in [-0.2, 0) is 29.1 Å². The molecule has 3 saturated carbocycles. The van der Waals surface area contributed by atoms with E-state index in [9.17, 15) is 22.8 Å². The van der Waals surface area contributed by atoms with E-state index in [1.807, 2.05) is 36.4 Å². The Labute approximate surface area is 274 Å². The first-order chi connectivity index (χ1) is 22.6. The number of hydrogen-bond donors (Lipinski definition) is 2. The summed E-state index contributed by atoms with van der Waals surface area (Å²) in [6.45, 7) is 3.02. The second kappa shape index (κ2) is 12.7. The number of aromatic nitrogens is 2. The van der Waals surface area contributed by atoms with Crippen LogP contribution in [0.2, 0.25) is 0 Å². The predicted molar refractivity (Wildman–Crippen MR) is 173 cm³/mol. The van der Waals surface area contributed by atoms with Gasteiger partial charge in [0.1, 0.15) is 11.6 Å². The monoisotopic (exact) mass is 666 g/mol. The third-order valence-corrected chi connectivity index (χ3v) is 11.9. The molecule has 0 spiro atoms. The molecule has 1 aromatic carbocycles. The summed E-state index contributed by atoms with van der Waals surface area (Å²) in [7, 11) is -2.05. The summed E-state index contributed by atoms with van der Waals surface area (Å²) in [5.74, 6) is -2.17. The van der Waals surface area contributed by atoms with Crippen molar-refractivity contribution in [3.05, 3.63) is 36.4 Å². The van der Waals surface area contributed by atoms with Crippen LogP contribution in [0.3, 0.4) is 0 Å². The highest BCUT2D eigenvalue weighted by Crippen LogP contribution is 2.47. The number of amides is 3. The van der Waals surface area contributed by atoms with Gasteiger partial charge in [0.05, 0.1) is 41.2 Å². The van der Waals surface area contributed by atoms with Crippen molar-refractivity contribution in [1.29, 1.82) is 0 Å². The summed E-state index contributed by atoms with van der Waals surface area (Å²) in [5, 5.41) is 3.10. The van der Waals surface area contributed by atoms with Crippen LogP contribution >= 0.6 is 0 Å². The van der Waals surface area contributed by atoms with Crippen LogP contribution in [0.15, 0.2) is 36.4 Å². The number of anilines is 1. The number of carbonyl (C=O) groups is 3. The largest absolute Gasteiger partial charge is 0.474 e. The molecule has 2 aromatic rings. The standard InChI is InChI=1S/C33H42N6O7S/c1-38-13-7-3-2-4-8-21-20-33(21,31(42)37-47(43,44)23-11-12-23)36-28(40)25-18-22(19-26(25)30(38)41)46-29-24-9-5-6-10-27(24)34-32(35-29)39-14-16-45-17-15-39/h4-6,8-10,21-23,25-26H,2-3,7,11-20H2,1H3,(H,36,40)(H,37,42)/b8-4-/t21-,22-,25-,26-,33-/m1/s1. The molecule has 252 valence electrons. The Balaban J connectivity index is 1.16. The molecule has 3 amide bonds. The van der Waals surface area contributed by atoms with E-state index in [0.29, 0.717) is 70.4 Å². The van der Waals surface area contributed by atoms with E-state index >= 15 is 0 Å². The Kier molecular flexibility index (Phi) is 8.58. The number of sulfonamides is 1. The van der Waals surface area contributed by atoms with Gasteiger partial charge in [-0.25, -0.2) is 13.4 Å². The third kappa shape index (κ3) is 6.54. The molecule has 4 fully saturated rings. The van der Waals surface area contributed by atoms with Gasteiger partial charge in [0.25, 0.3) is 5.91 Å². The van der Waals surface area contributed by atoms with Crippen molar-refractivity contribution in [3.63, 3.8) is 0 Å².